The third-order valence-electron chi connectivity index (χ3n) is 1.77. The number of amides is 1. The van der Waals surface area contributed by atoms with E-state index in [-0.39, 0.29) is 0 Å². The van der Waals surface area contributed by atoms with E-state index in [0.29, 0.717) is 5.91 Å². The first-order valence-corrected chi connectivity index (χ1v) is 4.07. The molecule has 0 aromatic rings. The molecule has 0 N–H and O–H groups in total. The van der Waals surface area contributed by atoms with Crippen LogP contribution in [0.2, 0.25) is 0 Å². The summed E-state index contributed by atoms with van der Waals surface area (Å²) < 4.78 is 0.839. The van der Waals surface area contributed by atoms with Gasteiger partial charge in [0.15, 0.2) is 6.67 Å². The summed E-state index contributed by atoms with van der Waals surface area (Å²) >= 11 is 0. The van der Waals surface area contributed by atoms with E-state index < -0.39 is 0 Å². The van der Waals surface area contributed by atoms with Gasteiger partial charge in [-0.2, -0.15) is 0 Å². The molecule has 0 atom stereocenters. The summed E-state index contributed by atoms with van der Waals surface area (Å²) in [6, 6.07) is 0. The summed E-state index contributed by atoms with van der Waals surface area (Å²) in [5, 5.41) is 0. The van der Waals surface area contributed by atoms with Crippen molar-refractivity contribution < 1.29 is 9.28 Å². The van der Waals surface area contributed by atoms with E-state index in [0.717, 1.165) is 30.5 Å². The van der Waals surface area contributed by atoms with Crippen LogP contribution in [0, 0.1) is 0 Å². The van der Waals surface area contributed by atoms with Crippen LogP contribution < -0.4 is 0 Å². The van der Waals surface area contributed by atoms with Gasteiger partial charge >= 0.3 is 0 Å². The van der Waals surface area contributed by atoms with E-state index in [9.17, 15) is 4.79 Å². The van der Waals surface area contributed by atoms with Crippen molar-refractivity contribution in [2.75, 3.05) is 34.4 Å². The van der Waals surface area contributed by atoms with Gasteiger partial charge in [-0.05, 0) is 6.42 Å². The Morgan fingerprint density at radius 1 is 1.45 bits per heavy atom. The van der Waals surface area contributed by atoms with Gasteiger partial charge in [0.05, 0.1) is 21.1 Å². The number of carbonyl (C=O) groups is 1. The first-order chi connectivity index (χ1) is 4.99. The van der Waals surface area contributed by atoms with Crippen molar-refractivity contribution in [3.63, 3.8) is 0 Å². The first kappa shape index (κ1) is 8.53. The molecule has 11 heavy (non-hydrogen) atoms. The summed E-state index contributed by atoms with van der Waals surface area (Å²) in [6.45, 7) is 1.80. The molecule has 1 heterocycles. The topological polar surface area (TPSA) is 20.3 Å². The van der Waals surface area contributed by atoms with Gasteiger partial charge in [0.25, 0.3) is 0 Å². The average molecular weight is 157 g/mol. The Hall–Kier alpha value is -0.570. The fourth-order valence-electron chi connectivity index (χ4n) is 1.37. The number of likely N-dealkylation sites (tertiary alicyclic amines) is 1. The SMILES string of the molecule is C[N+](C)(C)CN1CCCC1=O. The second kappa shape index (κ2) is 2.81. The molecule has 0 aromatic carbocycles. The molecule has 0 radical (unpaired) electrons. The molecular formula is C8H17N2O+. The summed E-state index contributed by atoms with van der Waals surface area (Å²) in [4.78, 5) is 13.1. The molecule has 1 amide bonds. The summed E-state index contributed by atoms with van der Waals surface area (Å²) in [7, 11) is 6.31. The van der Waals surface area contributed by atoms with Crippen LogP contribution in [0.25, 0.3) is 0 Å². The molecule has 1 aliphatic rings. The Morgan fingerprint density at radius 2 is 2.09 bits per heavy atom. The highest BCUT2D eigenvalue weighted by Crippen LogP contribution is 2.10. The normalized spacial score (nSPS) is 19.5. The molecule has 0 saturated carbocycles. The van der Waals surface area contributed by atoms with Crippen LogP contribution in [0.5, 0.6) is 0 Å². The number of rotatable bonds is 2. The Kier molecular flexibility index (Phi) is 2.18. The Balaban J connectivity index is 2.43. The molecule has 0 aliphatic carbocycles. The summed E-state index contributed by atoms with van der Waals surface area (Å²) in [5.74, 6) is 0.318. The second-order valence-corrected chi connectivity index (χ2v) is 4.19. The van der Waals surface area contributed by atoms with Crippen LogP contribution in [-0.2, 0) is 4.79 Å². The molecule has 0 unspecified atom stereocenters. The van der Waals surface area contributed by atoms with Crippen molar-refractivity contribution in [3.8, 4) is 0 Å². The molecule has 1 aliphatic heterocycles. The van der Waals surface area contributed by atoms with E-state index in [1.807, 2.05) is 4.90 Å². The number of quaternary nitrogens is 1. The maximum Gasteiger partial charge on any atom is 0.226 e. The Bertz CT molecular complexity index is 160. The van der Waals surface area contributed by atoms with E-state index >= 15 is 0 Å². The molecule has 0 spiro atoms. The van der Waals surface area contributed by atoms with Gasteiger partial charge in [0, 0.05) is 13.0 Å². The zero-order valence-electron chi connectivity index (χ0n) is 7.63. The van der Waals surface area contributed by atoms with Crippen LogP contribution in [0.1, 0.15) is 12.8 Å². The van der Waals surface area contributed by atoms with Crippen LogP contribution >= 0.6 is 0 Å². The van der Waals surface area contributed by atoms with Gasteiger partial charge in [-0.25, -0.2) is 0 Å². The van der Waals surface area contributed by atoms with Crippen LogP contribution in [0.4, 0.5) is 0 Å². The van der Waals surface area contributed by atoms with Gasteiger partial charge in [-0.3, -0.25) is 9.69 Å². The number of nitrogens with zero attached hydrogens (tertiary/aromatic N) is 2. The average Bonchev–Trinajstić information content (AvgIpc) is 2.12. The fraction of sp³-hybridized carbons (Fsp3) is 0.875. The van der Waals surface area contributed by atoms with E-state index in [4.69, 9.17) is 0 Å². The third-order valence-corrected chi connectivity index (χ3v) is 1.77. The Morgan fingerprint density at radius 3 is 2.45 bits per heavy atom. The minimum atomic E-state index is 0.318. The van der Waals surface area contributed by atoms with Crippen molar-refractivity contribution >= 4 is 5.91 Å². The molecule has 1 fully saturated rings. The lowest BCUT2D eigenvalue weighted by atomic mass is 10.4. The molecule has 1 rings (SSSR count). The highest BCUT2D eigenvalue weighted by atomic mass is 16.2. The number of hydrogen-bond donors (Lipinski definition) is 0. The van der Waals surface area contributed by atoms with Crippen molar-refractivity contribution in [1.29, 1.82) is 0 Å². The highest BCUT2D eigenvalue weighted by molar-refractivity contribution is 5.77. The molecule has 1 saturated heterocycles. The monoisotopic (exact) mass is 157 g/mol. The van der Waals surface area contributed by atoms with Crippen LogP contribution in [0.3, 0.4) is 0 Å². The molecule has 3 heteroatoms. The zero-order chi connectivity index (χ0) is 8.48. The predicted molar refractivity (Wildman–Crippen MR) is 43.8 cm³/mol. The second-order valence-electron chi connectivity index (χ2n) is 4.19. The first-order valence-electron chi connectivity index (χ1n) is 4.07. The van der Waals surface area contributed by atoms with Gasteiger partial charge in [-0.15, -0.1) is 0 Å². The zero-order valence-corrected chi connectivity index (χ0v) is 7.63. The lowest BCUT2D eigenvalue weighted by molar-refractivity contribution is -0.879. The van der Waals surface area contributed by atoms with Crippen LogP contribution in [0.15, 0.2) is 0 Å². The maximum atomic E-state index is 11.2. The number of carbonyl (C=O) groups excluding carboxylic acids is 1. The quantitative estimate of drug-likeness (QED) is 0.527. The van der Waals surface area contributed by atoms with Crippen LogP contribution in [-0.4, -0.2) is 49.6 Å². The largest absolute Gasteiger partial charge is 0.314 e. The van der Waals surface area contributed by atoms with Gasteiger partial charge in [-0.1, -0.05) is 0 Å². The van der Waals surface area contributed by atoms with E-state index in [1.165, 1.54) is 0 Å². The minimum Gasteiger partial charge on any atom is -0.314 e. The van der Waals surface area contributed by atoms with Gasteiger partial charge in [0.2, 0.25) is 5.91 Å². The van der Waals surface area contributed by atoms with Gasteiger partial charge < -0.3 is 4.48 Å². The van der Waals surface area contributed by atoms with Gasteiger partial charge in [0.1, 0.15) is 0 Å². The standard InChI is InChI=1S/C8H17N2O/c1-10(2,3)7-9-6-4-5-8(9)11/h4-7H2,1-3H3/q+1. The molecule has 0 aromatic heterocycles. The lowest BCUT2D eigenvalue weighted by Gasteiger charge is -2.29. The lowest BCUT2D eigenvalue weighted by Crippen LogP contribution is -2.45. The smallest absolute Gasteiger partial charge is 0.226 e. The summed E-state index contributed by atoms with van der Waals surface area (Å²) in [6.07, 6.45) is 1.79. The van der Waals surface area contributed by atoms with E-state index in [1.54, 1.807) is 0 Å². The third kappa shape index (κ3) is 2.50. The molecule has 3 nitrogen and oxygen atoms in total. The molecular weight excluding hydrogens is 140 g/mol. The fourth-order valence-corrected chi connectivity index (χ4v) is 1.37. The van der Waals surface area contributed by atoms with E-state index in [2.05, 4.69) is 21.1 Å². The summed E-state index contributed by atoms with van der Waals surface area (Å²) in [5.41, 5.74) is 0. The minimum absolute atomic E-state index is 0.318. The van der Waals surface area contributed by atoms with Crippen molar-refractivity contribution in [2.45, 2.75) is 12.8 Å². The predicted octanol–water partition coefficient (Wildman–Crippen LogP) is 0.272. The van der Waals surface area contributed by atoms with Crippen molar-refractivity contribution in [2.24, 2.45) is 0 Å². The number of hydrogen-bond acceptors (Lipinski definition) is 1. The highest BCUT2D eigenvalue weighted by Gasteiger charge is 2.24. The van der Waals surface area contributed by atoms with Crippen molar-refractivity contribution in [1.82, 2.24) is 4.90 Å². The maximum absolute atomic E-state index is 11.2. The van der Waals surface area contributed by atoms with Crippen molar-refractivity contribution in [3.05, 3.63) is 0 Å². The Labute approximate surface area is 68.2 Å². The molecule has 64 valence electrons. The molecule has 0 bridgehead atoms.